The zero-order valence-electron chi connectivity index (χ0n) is 8.78. The molecular formula is C11H23F. The first-order valence-electron chi connectivity index (χ1n) is 5.36. The third-order valence-corrected chi connectivity index (χ3v) is 2.60. The Bertz CT molecular complexity index is 89.0. The topological polar surface area (TPSA) is 0 Å². The molecular weight excluding hydrogens is 151 g/mol. The van der Waals surface area contributed by atoms with E-state index in [2.05, 4.69) is 13.8 Å². The minimum absolute atomic E-state index is 0.307. The van der Waals surface area contributed by atoms with E-state index < -0.39 is 6.17 Å². The van der Waals surface area contributed by atoms with Crippen molar-refractivity contribution in [2.45, 2.75) is 65.5 Å². The Morgan fingerprint density at radius 2 is 1.75 bits per heavy atom. The zero-order valence-corrected chi connectivity index (χ0v) is 8.78. The lowest BCUT2D eigenvalue weighted by Gasteiger charge is -2.15. The molecule has 0 aliphatic heterocycles. The van der Waals surface area contributed by atoms with Crippen LogP contribution < -0.4 is 0 Å². The summed E-state index contributed by atoms with van der Waals surface area (Å²) in [4.78, 5) is 0. The maximum absolute atomic E-state index is 12.9. The Morgan fingerprint density at radius 3 is 2.17 bits per heavy atom. The Hall–Kier alpha value is -0.0700. The van der Waals surface area contributed by atoms with Gasteiger partial charge in [0.25, 0.3) is 0 Å². The van der Waals surface area contributed by atoms with Crippen LogP contribution >= 0.6 is 0 Å². The van der Waals surface area contributed by atoms with E-state index in [-0.39, 0.29) is 0 Å². The highest BCUT2D eigenvalue weighted by Gasteiger charge is 2.12. The fraction of sp³-hybridized carbons (Fsp3) is 1.00. The molecule has 0 radical (unpaired) electrons. The minimum Gasteiger partial charge on any atom is -0.247 e. The molecule has 0 aromatic heterocycles. The van der Waals surface area contributed by atoms with Crippen LogP contribution in [0.2, 0.25) is 0 Å². The van der Waals surface area contributed by atoms with Gasteiger partial charge < -0.3 is 0 Å². The van der Waals surface area contributed by atoms with Crippen LogP contribution in [0.5, 0.6) is 0 Å². The predicted octanol–water partition coefficient (Wildman–Crippen LogP) is 4.34. The van der Waals surface area contributed by atoms with E-state index in [1.54, 1.807) is 6.92 Å². The highest BCUT2D eigenvalue weighted by Crippen LogP contribution is 2.19. The molecule has 74 valence electrons. The van der Waals surface area contributed by atoms with Gasteiger partial charge in [-0.2, -0.15) is 0 Å². The molecule has 0 aromatic rings. The van der Waals surface area contributed by atoms with Crippen molar-refractivity contribution in [1.29, 1.82) is 0 Å². The maximum Gasteiger partial charge on any atom is 0.100 e. The molecule has 0 rings (SSSR count). The normalized spacial score (nSPS) is 16.0. The first kappa shape index (κ1) is 11.9. The van der Waals surface area contributed by atoms with Crippen LogP contribution in [0.4, 0.5) is 4.39 Å². The van der Waals surface area contributed by atoms with Crippen LogP contribution in [0, 0.1) is 5.92 Å². The highest BCUT2D eigenvalue weighted by atomic mass is 19.1. The first-order valence-corrected chi connectivity index (χ1v) is 5.36. The quantitative estimate of drug-likeness (QED) is 0.504. The van der Waals surface area contributed by atoms with Crippen molar-refractivity contribution in [1.82, 2.24) is 0 Å². The van der Waals surface area contributed by atoms with Gasteiger partial charge in [0.05, 0.1) is 0 Å². The molecule has 0 saturated heterocycles. The Kier molecular flexibility index (Phi) is 7.53. The summed E-state index contributed by atoms with van der Waals surface area (Å²) in [6, 6.07) is 0. The average Bonchev–Trinajstić information content (AvgIpc) is 2.04. The molecule has 0 spiro atoms. The molecule has 0 amide bonds. The fourth-order valence-corrected chi connectivity index (χ4v) is 1.59. The second-order valence-electron chi connectivity index (χ2n) is 3.70. The highest BCUT2D eigenvalue weighted by molar-refractivity contribution is 4.63. The van der Waals surface area contributed by atoms with Crippen molar-refractivity contribution in [2.75, 3.05) is 0 Å². The summed E-state index contributed by atoms with van der Waals surface area (Å²) in [7, 11) is 0. The van der Waals surface area contributed by atoms with Crippen molar-refractivity contribution in [3.63, 3.8) is 0 Å². The lowest BCUT2D eigenvalue weighted by molar-refractivity contribution is 0.226. The van der Waals surface area contributed by atoms with Crippen LogP contribution in [0.1, 0.15) is 59.3 Å². The Labute approximate surface area is 76.6 Å². The number of halogens is 1. The summed E-state index contributed by atoms with van der Waals surface area (Å²) >= 11 is 0. The van der Waals surface area contributed by atoms with Crippen LogP contribution in [0.3, 0.4) is 0 Å². The van der Waals surface area contributed by atoms with Crippen molar-refractivity contribution >= 4 is 0 Å². The number of rotatable bonds is 7. The van der Waals surface area contributed by atoms with E-state index in [4.69, 9.17) is 0 Å². The lowest BCUT2D eigenvalue weighted by atomic mass is 9.94. The third-order valence-electron chi connectivity index (χ3n) is 2.60. The van der Waals surface area contributed by atoms with Crippen molar-refractivity contribution in [2.24, 2.45) is 5.92 Å². The van der Waals surface area contributed by atoms with Crippen molar-refractivity contribution < 1.29 is 4.39 Å². The van der Waals surface area contributed by atoms with E-state index in [0.29, 0.717) is 5.92 Å². The summed E-state index contributed by atoms with van der Waals surface area (Å²) in [5.41, 5.74) is 0. The predicted molar refractivity (Wildman–Crippen MR) is 53.1 cm³/mol. The summed E-state index contributed by atoms with van der Waals surface area (Å²) < 4.78 is 12.9. The van der Waals surface area contributed by atoms with Gasteiger partial charge in [-0.05, 0) is 19.3 Å². The SMILES string of the molecule is CCCCCCC(CC)C(C)F. The molecule has 0 aliphatic rings. The molecule has 0 saturated carbocycles. The first-order chi connectivity index (χ1) is 5.72. The van der Waals surface area contributed by atoms with E-state index in [0.717, 1.165) is 12.8 Å². The third kappa shape index (κ3) is 5.56. The second kappa shape index (κ2) is 7.57. The molecule has 0 N–H and O–H groups in total. The molecule has 2 atom stereocenters. The molecule has 0 aliphatic carbocycles. The monoisotopic (exact) mass is 174 g/mol. The molecule has 12 heavy (non-hydrogen) atoms. The zero-order chi connectivity index (χ0) is 9.40. The number of hydrogen-bond donors (Lipinski definition) is 0. The van der Waals surface area contributed by atoms with Gasteiger partial charge in [0, 0.05) is 0 Å². The average molecular weight is 174 g/mol. The molecule has 0 bridgehead atoms. The van der Waals surface area contributed by atoms with Gasteiger partial charge in [-0.3, -0.25) is 0 Å². The van der Waals surface area contributed by atoms with Gasteiger partial charge >= 0.3 is 0 Å². The summed E-state index contributed by atoms with van der Waals surface area (Å²) in [5, 5.41) is 0. The Morgan fingerprint density at radius 1 is 1.08 bits per heavy atom. The van der Waals surface area contributed by atoms with E-state index in [1.807, 2.05) is 0 Å². The van der Waals surface area contributed by atoms with Crippen LogP contribution in [-0.2, 0) is 0 Å². The largest absolute Gasteiger partial charge is 0.247 e. The van der Waals surface area contributed by atoms with Gasteiger partial charge in [-0.15, -0.1) is 0 Å². The van der Waals surface area contributed by atoms with Gasteiger partial charge in [0.1, 0.15) is 6.17 Å². The van der Waals surface area contributed by atoms with Gasteiger partial charge in [0.2, 0.25) is 0 Å². The second-order valence-corrected chi connectivity index (χ2v) is 3.70. The number of alkyl halides is 1. The van der Waals surface area contributed by atoms with Crippen LogP contribution in [-0.4, -0.2) is 6.17 Å². The molecule has 0 aromatic carbocycles. The lowest BCUT2D eigenvalue weighted by Crippen LogP contribution is -2.10. The smallest absolute Gasteiger partial charge is 0.100 e. The molecule has 0 nitrogen and oxygen atoms in total. The summed E-state index contributed by atoms with van der Waals surface area (Å²) in [6.07, 6.45) is 6.51. The fourth-order valence-electron chi connectivity index (χ4n) is 1.59. The number of hydrogen-bond acceptors (Lipinski definition) is 0. The van der Waals surface area contributed by atoms with Crippen LogP contribution in [0.25, 0.3) is 0 Å². The molecule has 0 fully saturated rings. The van der Waals surface area contributed by atoms with Crippen molar-refractivity contribution in [3.8, 4) is 0 Å². The Balaban J connectivity index is 3.32. The molecule has 1 heteroatoms. The van der Waals surface area contributed by atoms with Gasteiger partial charge in [-0.25, -0.2) is 4.39 Å². The van der Waals surface area contributed by atoms with Crippen LogP contribution in [0.15, 0.2) is 0 Å². The van der Waals surface area contributed by atoms with E-state index >= 15 is 0 Å². The molecule has 0 heterocycles. The van der Waals surface area contributed by atoms with E-state index in [1.165, 1.54) is 25.7 Å². The van der Waals surface area contributed by atoms with Gasteiger partial charge in [-0.1, -0.05) is 46.0 Å². The number of unbranched alkanes of at least 4 members (excludes halogenated alkanes) is 3. The standard InChI is InChI=1S/C11H23F/c1-4-6-7-8-9-11(5-2)10(3)12/h10-11H,4-9H2,1-3H3. The van der Waals surface area contributed by atoms with Gasteiger partial charge in [0.15, 0.2) is 0 Å². The minimum atomic E-state index is -0.614. The summed E-state index contributed by atoms with van der Waals surface area (Å²) in [5.74, 6) is 0.307. The molecule has 2 unspecified atom stereocenters. The van der Waals surface area contributed by atoms with E-state index in [9.17, 15) is 4.39 Å². The van der Waals surface area contributed by atoms with Crippen molar-refractivity contribution in [3.05, 3.63) is 0 Å². The summed E-state index contributed by atoms with van der Waals surface area (Å²) in [6.45, 7) is 5.98. The maximum atomic E-state index is 12.9.